The van der Waals surface area contributed by atoms with E-state index in [1.807, 2.05) is 36.1 Å². The molecule has 3 aromatic rings. The maximum atomic E-state index is 14.8. The van der Waals surface area contributed by atoms with Gasteiger partial charge in [0.25, 0.3) is 0 Å². The van der Waals surface area contributed by atoms with Gasteiger partial charge in [-0.25, -0.2) is 31.3 Å². The van der Waals surface area contributed by atoms with Gasteiger partial charge in [0.1, 0.15) is 11.4 Å². The largest absolute Gasteiger partial charge is 0.369 e. The van der Waals surface area contributed by atoms with Gasteiger partial charge in [-0.2, -0.15) is 10.4 Å². The number of rotatable bonds is 6. The number of halogens is 3. The standard InChI is InChI=1S/C30H31F3N6O3S/c1-19-26(20-2-5-22(6-3-20)38-12-14-43(41,42)15-13-38)27(37-39(19)25-7-4-21(31)17-35-25)23-8-9-30(32,33)16-24(23)28(40)36-29(18-34)10-11-29/h2-7,17,23-24H,8-16H2,1H3,(H,36,40). The third-order valence-corrected chi connectivity index (χ3v) is 10.4. The second kappa shape index (κ2) is 10.7. The molecule has 6 rings (SSSR count). The van der Waals surface area contributed by atoms with Crippen LogP contribution in [-0.4, -0.2) is 65.1 Å². The van der Waals surface area contributed by atoms with Crippen LogP contribution in [0, 0.1) is 30.0 Å². The van der Waals surface area contributed by atoms with Gasteiger partial charge in [-0.1, -0.05) is 12.1 Å². The number of anilines is 1. The Morgan fingerprint density at radius 3 is 2.40 bits per heavy atom. The molecule has 1 aromatic carbocycles. The lowest BCUT2D eigenvalue weighted by molar-refractivity contribution is -0.134. The summed E-state index contributed by atoms with van der Waals surface area (Å²) >= 11 is 0. The van der Waals surface area contributed by atoms with Gasteiger partial charge in [-0.3, -0.25) is 4.79 Å². The number of carbonyl (C=O) groups excluding carboxylic acids is 1. The summed E-state index contributed by atoms with van der Waals surface area (Å²) in [5.41, 5.74) is 2.34. The van der Waals surface area contributed by atoms with E-state index in [4.69, 9.17) is 5.10 Å². The maximum Gasteiger partial charge on any atom is 0.249 e. The van der Waals surface area contributed by atoms with E-state index in [0.717, 1.165) is 17.4 Å². The SMILES string of the molecule is Cc1c(-c2ccc(N3CCS(=O)(=O)CC3)cc2)c(C2CCC(F)(F)CC2C(=O)NC2(C#N)CC2)nn1-c1ccc(F)cn1. The molecule has 9 nitrogen and oxygen atoms in total. The predicted octanol–water partition coefficient (Wildman–Crippen LogP) is 4.31. The Balaban J connectivity index is 1.41. The number of pyridine rings is 1. The van der Waals surface area contributed by atoms with Gasteiger partial charge in [0.05, 0.1) is 41.1 Å². The predicted molar refractivity (Wildman–Crippen MR) is 153 cm³/mol. The number of amides is 1. The number of alkyl halides is 2. The van der Waals surface area contributed by atoms with E-state index in [9.17, 15) is 31.6 Å². The molecule has 0 bridgehead atoms. The van der Waals surface area contributed by atoms with Crippen LogP contribution in [0.4, 0.5) is 18.9 Å². The molecule has 0 radical (unpaired) electrons. The highest BCUT2D eigenvalue weighted by Gasteiger charge is 2.51. The number of benzene rings is 1. The molecule has 2 aromatic heterocycles. The number of nitriles is 1. The molecule has 2 atom stereocenters. The molecule has 2 unspecified atom stereocenters. The first-order valence-electron chi connectivity index (χ1n) is 14.3. The van der Waals surface area contributed by atoms with Gasteiger partial charge < -0.3 is 10.2 Å². The lowest BCUT2D eigenvalue weighted by atomic mass is 9.73. The molecule has 3 aliphatic rings. The number of nitrogens with zero attached hydrogens (tertiary/aromatic N) is 5. The number of sulfone groups is 1. The van der Waals surface area contributed by atoms with E-state index in [2.05, 4.69) is 16.4 Å². The van der Waals surface area contributed by atoms with Crippen LogP contribution in [0.25, 0.3) is 16.9 Å². The summed E-state index contributed by atoms with van der Waals surface area (Å²) in [4.78, 5) is 19.6. The first kappa shape index (κ1) is 29.2. The van der Waals surface area contributed by atoms with Gasteiger partial charge in [-0.05, 0) is 56.0 Å². The number of hydrogen-bond donors (Lipinski definition) is 1. The summed E-state index contributed by atoms with van der Waals surface area (Å²) in [5, 5.41) is 17.1. The Hall–Kier alpha value is -3.92. The summed E-state index contributed by atoms with van der Waals surface area (Å²) < 4.78 is 68.5. The quantitative estimate of drug-likeness (QED) is 0.441. The zero-order valence-electron chi connectivity index (χ0n) is 23.6. The van der Waals surface area contributed by atoms with Gasteiger partial charge in [0.2, 0.25) is 11.8 Å². The van der Waals surface area contributed by atoms with E-state index < -0.39 is 57.7 Å². The minimum Gasteiger partial charge on any atom is -0.369 e. The summed E-state index contributed by atoms with van der Waals surface area (Å²) in [6, 6.07) is 12.3. The highest BCUT2D eigenvalue weighted by Crippen LogP contribution is 2.48. The number of carbonyl (C=O) groups is 1. The van der Waals surface area contributed by atoms with Crippen molar-refractivity contribution >= 4 is 21.4 Å². The van der Waals surface area contributed by atoms with Crippen LogP contribution >= 0.6 is 0 Å². The van der Waals surface area contributed by atoms with Crippen molar-refractivity contribution in [1.29, 1.82) is 5.26 Å². The molecule has 1 N–H and O–H groups in total. The molecular formula is C30H31F3N6O3S. The van der Waals surface area contributed by atoms with Crippen LogP contribution in [0.3, 0.4) is 0 Å². The second-order valence-electron chi connectivity index (χ2n) is 11.8. The number of nitrogens with one attached hydrogen (secondary N) is 1. The van der Waals surface area contributed by atoms with E-state index in [1.165, 1.54) is 16.8 Å². The lowest BCUT2D eigenvalue weighted by Gasteiger charge is -2.35. The van der Waals surface area contributed by atoms with E-state index in [-0.39, 0.29) is 17.9 Å². The Labute approximate surface area is 247 Å². The van der Waals surface area contributed by atoms with Crippen LogP contribution in [-0.2, 0) is 14.6 Å². The average Bonchev–Trinajstić information content (AvgIpc) is 3.67. The van der Waals surface area contributed by atoms with Crippen molar-refractivity contribution < 1.29 is 26.4 Å². The van der Waals surface area contributed by atoms with Gasteiger partial charge in [0.15, 0.2) is 15.7 Å². The molecule has 43 heavy (non-hydrogen) atoms. The van der Waals surface area contributed by atoms with Gasteiger partial charge >= 0.3 is 0 Å². The molecule has 1 saturated heterocycles. The fourth-order valence-electron chi connectivity index (χ4n) is 6.12. The normalized spacial score (nSPS) is 23.7. The average molecular weight is 613 g/mol. The fourth-order valence-corrected chi connectivity index (χ4v) is 7.32. The molecule has 2 aliphatic carbocycles. The van der Waals surface area contributed by atoms with E-state index in [0.29, 0.717) is 48.7 Å². The number of aromatic nitrogens is 3. The van der Waals surface area contributed by atoms with Crippen molar-refractivity contribution in [1.82, 2.24) is 20.1 Å². The molecule has 1 aliphatic heterocycles. The highest BCUT2D eigenvalue weighted by molar-refractivity contribution is 7.91. The summed E-state index contributed by atoms with van der Waals surface area (Å²) in [7, 11) is -3.04. The number of hydrogen-bond acceptors (Lipinski definition) is 7. The highest BCUT2D eigenvalue weighted by atomic mass is 32.2. The van der Waals surface area contributed by atoms with E-state index >= 15 is 0 Å². The minimum atomic E-state index is -3.04. The van der Waals surface area contributed by atoms with Crippen LogP contribution in [0.1, 0.15) is 49.4 Å². The van der Waals surface area contributed by atoms with E-state index in [1.54, 1.807) is 0 Å². The molecule has 1 amide bonds. The molecule has 3 fully saturated rings. The van der Waals surface area contributed by atoms with Crippen molar-refractivity contribution in [3.8, 4) is 23.0 Å². The van der Waals surface area contributed by atoms with Crippen molar-refractivity contribution in [2.24, 2.45) is 5.92 Å². The third kappa shape index (κ3) is 5.85. The van der Waals surface area contributed by atoms with Crippen molar-refractivity contribution in [3.63, 3.8) is 0 Å². The van der Waals surface area contributed by atoms with Crippen molar-refractivity contribution in [2.75, 3.05) is 29.5 Å². The summed E-state index contributed by atoms with van der Waals surface area (Å²) in [6.07, 6.45) is 0.952. The molecule has 2 saturated carbocycles. The Morgan fingerprint density at radius 2 is 1.79 bits per heavy atom. The molecular weight excluding hydrogens is 581 g/mol. The smallest absolute Gasteiger partial charge is 0.249 e. The zero-order valence-corrected chi connectivity index (χ0v) is 24.4. The summed E-state index contributed by atoms with van der Waals surface area (Å²) in [5.74, 6) is -5.44. The Bertz CT molecular complexity index is 1680. The first-order chi connectivity index (χ1) is 20.4. The molecule has 3 heterocycles. The summed E-state index contributed by atoms with van der Waals surface area (Å²) in [6.45, 7) is 2.58. The molecule has 226 valence electrons. The monoisotopic (exact) mass is 612 g/mol. The van der Waals surface area contributed by atoms with Crippen LogP contribution in [0.5, 0.6) is 0 Å². The molecule has 13 heteroatoms. The minimum absolute atomic E-state index is 0.00523. The van der Waals surface area contributed by atoms with Crippen molar-refractivity contribution in [3.05, 3.63) is 59.8 Å². The van der Waals surface area contributed by atoms with Crippen LogP contribution in [0.15, 0.2) is 42.6 Å². The van der Waals surface area contributed by atoms with Crippen LogP contribution < -0.4 is 10.2 Å². The van der Waals surface area contributed by atoms with Crippen LogP contribution in [0.2, 0.25) is 0 Å². The fraction of sp³-hybridized carbons (Fsp3) is 0.467. The lowest BCUT2D eigenvalue weighted by Crippen LogP contribution is -2.45. The van der Waals surface area contributed by atoms with Gasteiger partial charge in [-0.15, -0.1) is 0 Å². The second-order valence-corrected chi connectivity index (χ2v) is 14.1. The Morgan fingerprint density at radius 1 is 1.09 bits per heavy atom. The Kier molecular flexibility index (Phi) is 7.23. The zero-order chi connectivity index (χ0) is 30.6. The maximum absolute atomic E-state index is 14.8. The van der Waals surface area contributed by atoms with Gasteiger partial charge in [0, 0.05) is 43.1 Å². The van der Waals surface area contributed by atoms with Crippen molar-refractivity contribution in [2.45, 2.75) is 56.4 Å². The first-order valence-corrected chi connectivity index (χ1v) is 16.1. The third-order valence-electron chi connectivity index (χ3n) is 8.78. The molecule has 0 spiro atoms. The topological polar surface area (TPSA) is 121 Å².